The Morgan fingerprint density at radius 2 is 2.07 bits per heavy atom. The summed E-state index contributed by atoms with van der Waals surface area (Å²) in [6.07, 6.45) is 1.75. The van der Waals surface area contributed by atoms with Crippen LogP contribution in [0.3, 0.4) is 0 Å². The molecule has 0 fully saturated rings. The van der Waals surface area contributed by atoms with Crippen LogP contribution in [0.5, 0.6) is 0 Å². The highest BCUT2D eigenvalue weighted by Gasteiger charge is 2.18. The second kappa shape index (κ2) is 4.40. The normalized spacial score (nSPS) is 12.7. The van der Waals surface area contributed by atoms with Crippen molar-refractivity contribution in [3.63, 3.8) is 0 Å². The molecule has 82 valence electrons. The number of hydrogen-bond acceptors (Lipinski definition) is 3. The van der Waals surface area contributed by atoms with Crippen LogP contribution in [0.2, 0.25) is 0 Å². The number of pyridine rings is 1. The maximum atomic E-state index is 8.97. The van der Waals surface area contributed by atoms with Crippen LogP contribution < -0.4 is 5.48 Å². The monoisotopic (exact) mass is 207 g/mol. The Hall–Kier alpha value is -1.42. The largest absolute Gasteiger partial charge is 0.290 e. The molecule has 4 nitrogen and oxygen atoms in total. The Bertz CT molecular complexity index is 349. The van der Waals surface area contributed by atoms with Crippen molar-refractivity contribution in [2.24, 2.45) is 10.4 Å². The van der Waals surface area contributed by atoms with Crippen molar-refractivity contribution in [2.75, 3.05) is 0 Å². The molecule has 1 aromatic heterocycles. The zero-order valence-electron chi connectivity index (χ0n) is 9.57. The summed E-state index contributed by atoms with van der Waals surface area (Å²) in [5.41, 5.74) is 2.97. The molecular formula is C11H17N3O. The molecule has 0 aromatic carbocycles. The molecule has 1 aromatic rings. The van der Waals surface area contributed by atoms with E-state index in [1.807, 2.05) is 39.8 Å². The first-order valence-electron chi connectivity index (χ1n) is 4.85. The van der Waals surface area contributed by atoms with Gasteiger partial charge in [0.1, 0.15) is 5.84 Å². The van der Waals surface area contributed by atoms with E-state index in [0.717, 1.165) is 5.56 Å². The lowest BCUT2D eigenvalue weighted by molar-refractivity contribution is 0.221. The Morgan fingerprint density at radius 3 is 2.47 bits per heavy atom. The summed E-state index contributed by atoms with van der Waals surface area (Å²) >= 11 is 0. The molecule has 0 spiro atoms. The number of aromatic nitrogens is 1. The molecule has 0 aliphatic heterocycles. The lowest BCUT2D eigenvalue weighted by atomic mass is 9.95. The number of amidine groups is 1. The first-order valence-corrected chi connectivity index (χ1v) is 4.85. The van der Waals surface area contributed by atoms with E-state index in [2.05, 4.69) is 15.5 Å². The lowest BCUT2D eigenvalue weighted by Gasteiger charge is -2.19. The maximum Gasteiger partial charge on any atom is 0.153 e. The first kappa shape index (κ1) is 11.7. The average molecular weight is 207 g/mol. The SMILES string of the molecule is Cc1ccc(N=C(NO)C(C)(C)C)nc1. The molecule has 1 rings (SSSR count). The van der Waals surface area contributed by atoms with Gasteiger partial charge in [0, 0.05) is 11.6 Å². The minimum absolute atomic E-state index is 0.235. The summed E-state index contributed by atoms with van der Waals surface area (Å²) in [5, 5.41) is 8.97. The highest BCUT2D eigenvalue weighted by molar-refractivity contribution is 5.87. The minimum Gasteiger partial charge on any atom is -0.290 e. The fourth-order valence-corrected chi connectivity index (χ4v) is 1.00. The summed E-state index contributed by atoms with van der Waals surface area (Å²) < 4.78 is 0. The van der Waals surface area contributed by atoms with E-state index in [1.54, 1.807) is 6.20 Å². The van der Waals surface area contributed by atoms with Gasteiger partial charge in [-0.15, -0.1) is 0 Å². The second-order valence-corrected chi connectivity index (χ2v) is 4.52. The molecule has 0 unspecified atom stereocenters. The molecule has 15 heavy (non-hydrogen) atoms. The van der Waals surface area contributed by atoms with Gasteiger partial charge in [-0.25, -0.2) is 9.98 Å². The fourth-order valence-electron chi connectivity index (χ4n) is 1.00. The third-order valence-corrected chi connectivity index (χ3v) is 1.94. The summed E-state index contributed by atoms with van der Waals surface area (Å²) in [7, 11) is 0. The predicted octanol–water partition coefficient (Wildman–Crippen LogP) is 2.44. The molecule has 0 saturated heterocycles. The van der Waals surface area contributed by atoms with Crippen LogP contribution in [-0.2, 0) is 0 Å². The van der Waals surface area contributed by atoms with E-state index in [9.17, 15) is 0 Å². The Kier molecular flexibility index (Phi) is 3.42. The van der Waals surface area contributed by atoms with Gasteiger partial charge in [-0.2, -0.15) is 0 Å². The number of hydroxylamine groups is 1. The van der Waals surface area contributed by atoms with Gasteiger partial charge in [-0.1, -0.05) is 26.8 Å². The van der Waals surface area contributed by atoms with Crippen LogP contribution in [0.4, 0.5) is 5.82 Å². The molecule has 0 bridgehead atoms. The van der Waals surface area contributed by atoms with Crippen LogP contribution in [0.25, 0.3) is 0 Å². The van der Waals surface area contributed by atoms with Crippen LogP contribution in [0.15, 0.2) is 23.3 Å². The van der Waals surface area contributed by atoms with Gasteiger partial charge in [0.15, 0.2) is 5.82 Å². The van der Waals surface area contributed by atoms with Crippen molar-refractivity contribution in [2.45, 2.75) is 27.7 Å². The topological polar surface area (TPSA) is 57.5 Å². The van der Waals surface area contributed by atoms with Gasteiger partial charge >= 0.3 is 0 Å². The molecule has 2 N–H and O–H groups in total. The van der Waals surface area contributed by atoms with Crippen molar-refractivity contribution in [1.29, 1.82) is 0 Å². The number of nitrogens with zero attached hydrogens (tertiary/aromatic N) is 2. The number of rotatable bonds is 1. The second-order valence-electron chi connectivity index (χ2n) is 4.52. The zero-order valence-corrected chi connectivity index (χ0v) is 9.57. The molecule has 0 atom stereocenters. The van der Waals surface area contributed by atoms with Crippen molar-refractivity contribution in [3.8, 4) is 0 Å². The molecule has 0 amide bonds. The van der Waals surface area contributed by atoms with Gasteiger partial charge in [0.05, 0.1) is 0 Å². The van der Waals surface area contributed by atoms with Crippen molar-refractivity contribution in [1.82, 2.24) is 10.5 Å². The molecule has 1 heterocycles. The zero-order chi connectivity index (χ0) is 11.5. The van der Waals surface area contributed by atoms with Crippen LogP contribution in [0.1, 0.15) is 26.3 Å². The number of nitrogens with one attached hydrogen (secondary N) is 1. The molecular weight excluding hydrogens is 190 g/mol. The van der Waals surface area contributed by atoms with E-state index in [1.165, 1.54) is 0 Å². The van der Waals surface area contributed by atoms with E-state index < -0.39 is 0 Å². The average Bonchev–Trinajstić information content (AvgIpc) is 2.15. The highest BCUT2D eigenvalue weighted by atomic mass is 16.5. The fraction of sp³-hybridized carbons (Fsp3) is 0.455. The maximum absolute atomic E-state index is 8.97. The Balaban J connectivity index is 2.99. The Morgan fingerprint density at radius 1 is 1.40 bits per heavy atom. The minimum atomic E-state index is -0.235. The van der Waals surface area contributed by atoms with Crippen molar-refractivity contribution < 1.29 is 5.21 Å². The van der Waals surface area contributed by atoms with Crippen LogP contribution in [0, 0.1) is 12.3 Å². The smallest absolute Gasteiger partial charge is 0.153 e. The first-order chi connectivity index (χ1) is 6.93. The lowest BCUT2D eigenvalue weighted by Crippen LogP contribution is -2.32. The molecule has 0 radical (unpaired) electrons. The third kappa shape index (κ3) is 3.32. The van der Waals surface area contributed by atoms with Gasteiger partial charge in [0.2, 0.25) is 0 Å². The van der Waals surface area contributed by atoms with Crippen LogP contribution >= 0.6 is 0 Å². The summed E-state index contributed by atoms with van der Waals surface area (Å²) in [4.78, 5) is 8.37. The molecule has 4 heteroatoms. The summed E-state index contributed by atoms with van der Waals surface area (Å²) in [6, 6.07) is 3.75. The van der Waals surface area contributed by atoms with Gasteiger partial charge < -0.3 is 0 Å². The van der Waals surface area contributed by atoms with Gasteiger partial charge in [0.25, 0.3) is 0 Å². The van der Waals surface area contributed by atoms with Crippen molar-refractivity contribution in [3.05, 3.63) is 23.9 Å². The van der Waals surface area contributed by atoms with E-state index in [-0.39, 0.29) is 5.41 Å². The highest BCUT2D eigenvalue weighted by Crippen LogP contribution is 2.18. The summed E-state index contributed by atoms with van der Waals surface area (Å²) in [5.74, 6) is 1.09. The van der Waals surface area contributed by atoms with Crippen LogP contribution in [-0.4, -0.2) is 16.0 Å². The van der Waals surface area contributed by atoms with Crippen molar-refractivity contribution >= 4 is 11.7 Å². The molecule has 0 aliphatic carbocycles. The standard InChI is InChI=1S/C11H17N3O/c1-8-5-6-9(12-7-8)13-10(14-15)11(2,3)4/h5-7,15H,1-4H3,(H,12,13,14). The number of hydrogen-bond donors (Lipinski definition) is 2. The molecule has 0 aliphatic rings. The van der Waals surface area contributed by atoms with E-state index in [4.69, 9.17) is 5.21 Å². The van der Waals surface area contributed by atoms with E-state index in [0.29, 0.717) is 11.7 Å². The third-order valence-electron chi connectivity index (χ3n) is 1.94. The number of aryl methyl sites for hydroxylation is 1. The van der Waals surface area contributed by atoms with Gasteiger partial charge in [-0.3, -0.25) is 10.7 Å². The predicted molar refractivity (Wildman–Crippen MR) is 60.4 cm³/mol. The molecule has 0 saturated carbocycles. The van der Waals surface area contributed by atoms with Gasteiger partial charge in [-0.05, 0) is 18.6 Å². The van der Waals surface area contributed by atoms with E-state index >= 15 is 0 Å². The number of aliphatic imine (C=N–C) groups is 1. The quantitative estimate of drug-likeness (QED) is 0.422. The Labute approximate surface area is 90.0 Å². The summed E-state index contributed by atoms with van der Waals surface area (Å²) in [6.45, 7) is 7.85.